The summed E-state index contributed by atoms with van der Waals surface area (Å²) in [6.45, 7) is 0. The zero-order valence-corrected chi connectivity index (χ0v) is 9.36. The molecule has 88 valence electrons. The van der Waals surface area contributed by atoms with Crippen LogP contribution in [0.15, 0.2) is 12.1 Å². The van der Waals surface area contributed by atoms with Gasteiger partial charge >= 0.3 is 5.97 Å². The van der Waals surface area contributed by atoms with Crippen molar-refractivity contribution in [2.24, 2.45) is 5.73 Å². The summed E-state index contributed by atoms with van der Waals surface area (Å²) >= 11 is 5.75. The van der Waals surface area contributed by atoms with E-state index in [2.05, 4.69) is 0 Å². The van der Waals surface area contributed by atoms with Gasteiger partial charge < -0.3 is 20.7 Å². The van der Waals surface area contributed by atoms with Crippen molar-refractivity contribution in [2.45, 2.75) is 12.5 Å². The molecule has 0 aliphatic rings. The van der Waals surface area contributed by atoms with Crippen LogP contribution in [0.2, 0.25) is 5.02 Å². The molecule has 0 amide bonds. The van der Waals surface area contributed by atoms with E-state index in [9.17, 15) is 9.90 Å². The molecular weight excluding hydrogens is 234 g/mol. The molecular formula is C10H12ClNO4. The van der Waals surface area contributed by atoms with Crippen LogP contribution >= 0.6 is 11.6 Å². The smallest absolute Gasteiger partial charge is 0.305 e. The Kier molecular flexibility index (Phi) is 3.98. The van der Waals surface area contributed by atoms with Gasteiger partial charge in [-0.3, -0.25) is 4.79 Å². The zero-order chi connectivity index (χ0) is 12.3. The lowest BCUT2D eigenvalue weighted by Crippen LogP contribution is -2.15. The van der Waals surface area contributed by atoms with Crippen LogP contribution in [0.5, 0.6) is 11.5 Å². The van der Waals surface area contributed by atoms with Crippen LogP contribution in [0.1, 0.15) is 18.0 Å². The summed E-state index contributed by atoms with van der Waals surface area (Å²) in [5.41, 5.74) is 6.16. The first kappa shape index (κ1) is 12.6. The predicted molar refractivity (Wildman–Crippen MR) is 58.9 cm³/mol. The van der Waals surface area contributed by atoms with Crippen LogP contribution in [0, 0.1) is 0 Å². The van der Waals surface area contributed by atoms with Gasteiger partial charge in [0.2, 0.25) is 0 Å². The maximum atomic E-state index is 10.5. The number of hydrogen-bond donors (Lipinski definition) is 3. The number of phenolic OH excluding ortho intramolecular Hbond substituents is 1. The maximum absolute atomic E-state index is 10.5. The molecule has 0 unspecified atom stereocenters. The highest BCUT2D eigenvalue weighted by Crippen LogP contribution is 2.36. The summed E-state index contributed by atoms with van der Waals surface area (Å²) in [7, 11) is 1.37. The molecule has 0 heterocycles. The minimum Gasteiger partial charge on any atom is -0.503 e. The Morgan fingerprint density at radius 2 is 2.25 bits per heavy atom. The number of ether oxygens (including phenoxy) is 1. The van der Waals surface area contributed by atoms with Crippen molar-refractivity contribution >= 4 is 17.6 Å². The molecule has 1 rings (SSSR count). The molecule has 1 atom stereocenters. The number of hydrogen-bond acceptors (Lipinski definition) is 4. The van der Waals surface area contributed by atoms with Crippen molar-refractivity contribution in [3.63, 3.8) is 0 Å². The Labute approximate surface area is 97.4 Å². The van der Waals surface area contributed by atoms with Gasteiger partial charge in [0.15, 0.2) is 11.5 Å². The van der Waals surface area contributed by atoms with Crippen molar-refractivity contribution in [2.75, 3.05) is 7.11 Å². The predicted octanol–water partition coefficient (Wildman–Crippen LogP) is 1.53. The number of carboxylic acids is 1. The van der Waals surface area contributed by atoms with Gasteiger partial charge in [0.1, 0.15) is 0 Å². The van der Waals surface area contributed by atoms with E-state index >= 15 is 0 Å². The molecule has 0 radical (unpaired) electrons. The minimum absolute atomic E-state index is 0.0789. The topological polar surface area (TPSA) is 92.8 Å². The molecule has 0 fully saturated rings. The number of carboxylic acid groups (broad SMARTS) is 1. The van der Waals surface area contributed by atoms with Crippen LogP contribution in [-0.2, 0) is 4.79 Å². The van der Waals surface area contributed by atoms with Crippen LogP contribution < -0.4 is 10.5 Å². The fourth-order valence-electron chi connectivity index (χ4n) is 1.27. The number of nitrogens with two attached hydrogens (primary N) is 1. The monoisotopic (exact) mass is 245 g/mol. The number of benzene rings is 1. The highest BCUT2D eigenvalue weighted by atomic mass is 35.5. The Morgan fingerprint density at radius 1 is 1.62 bits per heavy atom. The maximum Gasteiger partial charge on any atom is 0.305 e. The molecule has 0 aliphatic heterocycles. The number of methoxy groups -OCH3 is 1. The lowest BCUT2D eigenvalue weighted by molar-refractivity contribution is -0.137. The minimum atomic E-state index is -1.00. The Morgan fingerprint density at radius 3 is 2.75 bits per heavy atom. The zero-order valence-electron chi connectivity index (χ0n) is 8.61. The van der Waals surface area contributed by atoms with Crippen LogP contribution in [-0.4, -0.2) is 23.3 Å². The second kappa shape index (κ2) is 5.05. The summed E-state index contributed by atoms with van der Waals surface area (Å²) in [5, 5.41) is 18.2. The second-order valence-corrected chi connectivity index (χ2v) is 3.67. The van der Waals surface area contributed by atoms with E-state index in [1.165, 1.54) is 19.2 Å². The molecule has 6 heteroatoms. The third-order valence-electron chi connectivity index (χ3n) is 2.09. The van der Waals surface area contributed by atoms with Crippen molar-refractivity contribution in [3.05, 3.63) is 22.7 Å². The SMILES string of the molecule is COc1cc([C@H](N)CC(=O)O)cc(Cl)c1O. The molecule has 1 aromatic rings. The van der Waals surface area contributed by atoms with E-state index in [0.717, 1.165) is 0 Å². The van der Waals surface area contributed by atoms with Crippen molar-refractivity contribution in [1.29, 1.82) is 0 Å². The number of phenols is 1. The number of aliphatic carboxylic acids is 1. The summed E-state index contributed by atoms with van der Waals surface area (Å²) in [6.07, 6.45) is -0.218. The van der Waals surface area contributed by atoms with Gasteiger partial charge in [-0.2, -0.15) is 0 Å². The summed E-state index contributed by atoms with van der Waals surface area (Å²) < 4.78 is 4.88. The molecule has 4 N–H and O–H groups in total. The average molecular weight is 246 g/mol. The average Bonchev–Trinajstić information content (AvgIpc) is 2.20. The summed E-state index contributed by atoms with van der Waals surface area (Å²) in [6, 6.07) is 2.20. The summed E-state index contributed by atoms with van der Waals surface area (Å²) in [4.78, 5) is 10.5. The highest BCUT2D eigenvalue weighted by molar-refractivity contribution is 6.32. The lowest BCUT2D eigenvalue weighted by Gasteiger charge is -2.13. The van der Waals surface area contributed by atoms with Gasteiger partial charge in [0, 0.05) is 6.04 Å². The van der Waals surface area contributed by atoms with Gasteiger partial charge in [-0.15, -0.1) is 0 Å². The molecule has 1 aromatic carbocycles. The van der Waals surface area contributed by atoms with Gasteiger partial charge in [0.25, 0.3) is 0 Å². The standard InChI is InChI=1S/C10H12ClNO4/c1-16-8-3-5(2-6(11)10(8)15)7(12)4-9(13)14/h2-3,7,15H,4,12H2,1H3,(H,13,14)/t7-/m1/s1. The van der Waals surface area contributed by atoms with E-state index in [4.69, 9.17) is 27.2 Å². The van der Waals surface area contributed by atoms with E-state index in [-0.39, 0.29) is 22.9 Å². The molecule has 0 spiro atoms. The summed E-state index contributed by atoms with van der Waals surface area (Å²) in [5.74, 6) is -1.02. The molecule has 0 aliphatic carbocycles. The molecule has 16 heavy (non-hydrogen) atoms. The van der Waals surface area contributed by atoms with E-state index in [1.54, 1.807) is 0 Å². The molecule has 0 bridgehead atoms. The number of rotatable bonds is 4. The van der Waals surface area contributed by atoms with Gasteiger partial charge in [0.05, 0.1) is 18.6 Å². The first-order chi connectivity index (χ1) is 7.45. The quantitative estimate of drug-likeness (QED) is 0.748. The lowest BCUT2D eigenvalue weighted by atomic mass is 10.0. The van der Waals surface area contributed by atoms with Gasteiger partial charge in [-0.25, -0.2) is 0 Å². The van der Waals surface area contributed by atoms with E-state index in [1.807, 2.05) is 0 Å². The molecule has 0 aromatic heterocycles. The van der Waals surface area contributed by atoms with E-state index < -0.39 is 12.0 Å². The van der Waals surface area contributed by atoms with Crippen LogP contribution in [0.3, 0.4) is 0 Å². The Bertz CT molecular complexity index is 408. The van der Waals surface area contributed by atoms with Crippen molar-refractivity contribution in [3.8, 4) is 11.5 Å². The molecule has 0 saturated heterocycles. The normalized spacial score (nSPS) is 12.2. The Hall–Kier alpha value is -1.46. The first-order valence-corrected chi connectivity index (χ1v) is 4.87. The van der Waals surface area contributed by atoms with Gasteiger partial charge in [-0.05, 0) is 17.7 Å². The van der Waals surface area contributed by atoms with Crippen molar-refractivity contribution in [1.82, 2.24) is 0 Å². The molecule has 5 nitrogen and oxygen atoms in total. The van der Waals surface area contributed by atoms with E-state index in [0.29, 0.717) is 5.56 Å². The first-order valence-electron chi connectivity index (χ1n) is 4.49. The third-order valence-corrected chi connectivity index (χ3v) is 2.38. The van der Waals surface area contributed by atoms with Crippen LogP contribution in [0.4, 0.5) is 0 Å². The van der Waals surface area contributed by atoms with Gasteiger partial charge in [-0.1, -0.05) is 11.6 Å². The fraction of sp³-hybridized carbons (Fsp3) is 0.300. The molecule has 0 saturated carbocycles. The van der Waals surface area contributed by atoms with Crippen LogP contribution in [0.25, 0.3) is 0 Å². The second-order valence-electron chi connectivity index (χ2n) is 3.26. The number of halogens is 1. The number of aromatic hydroxyl groups is 1. The van der Waals surface area contributed by atoms with Crippen molar-refractivity contribution < 1.29 is 19.7 Å². The number of carbonyl (C=O) groups is 1. The fourth-order valence-corrected chi connectivity index (χ4v) is 1.49. The third kappa shape index (κ3) is 2.77. The Balaban J connectivity index is 3.05. The largest absolute Gasteiger partial charge is 0.503 e. The highest BCUT2D eigenvalue weighted by Gasteiger charge is 2.15.